The number of aromatic nitrogens is 1. The molecule has 0 bridgehead atoms. The zero-order valence-corrected chi connectivity index (χ0v) is 22.5. The number of ether oxygens (including phenoxy) is 2. The fourth-order valence-corrected chi connectivity index (χ4v) is 5.74. The van der Waals surface area contributed by atoms with Crippen LogP contribution in [0.5, 0.6) is 17.2 Å². The third kappa shape index (κ3) is 4.30. The van der Waals surface area contributed by atoms with Crippen molar-refractivity contribution in [1.82, 2.24) is 4.98 Å². The van der Waals surface area contributed by atoms with E-state index in [0.29, 0.717) is 27.4 Å². The number of aliphatic hydroxyl groups excluding tert-OH is 1. The van der Waals surface area contributed by atoms with Gasteiger partial charge in [0.15, 0.2) is 16.6 Å². The molecule has 11 heteroatoms. The number of Topliss-reactive ketones (excluding diaryl/α,β-unsaturated/α-hetero) is 1. The standard InChI is InChI=1S/C26H18BrClN2O6S/c1-35-15-7-8-17-19(11-15)37-26(29-17)30-21(13-9-16(27)23(32)18(10-13)36-2)20(24(33)25(30)34)22(31)12-3-5-14(28)6-4-12/h3-11,21,31-32H,1-2H3/b22-20+. The van der Waals surface area contributed by atoms with Crippen molar-refractivity contribution in [3.05, 3.63) is 80.8 Å². The zero-order chi connectivity index (χ0) is 26.4. The van der Waals surface area contributed by atoms with Crippen LogP contribution < -0.4 is 14.4 Å². The number of ketones is 1. The van der Waals surface area contributed by atoms with Gasteiger partial charge in [-0.2, -0.15) is 0 Å². The van der Waals surface area contributed by atoms with Crippen LogP contribution in [0.2, 0.25) is 5.02 Å². The van der Waals surface area contributed by atoms with Gasteiger partial charge in [-0.1, -0.05) is 22.9 Å². The number of halogens is 2. The molecule has 1 atom stereocenters. The van der Waals surface area contributed by atoms with Crippen molar-refractivity contribution >= 4 is 71.7 Å². The van der Waals surface area contributed by atoms with Crippen molar-refractivity contribution < 1.29 is 29.3 Å². The maximum atomic E-state index is 13.5. The molecule has 1 aromatic heterocycles. The molecular weight excluding hydrogens is 584 g/mol. The second-order valence-corrected chi connectivity index (χ2v) is 10.4. The third-order valence-corrected chi connectivity index (χ3v) is 7.81. The Bertz CT molecular complexity index is 1600. The van der Waals surface area contributed by atoms with Crippen LogP contribution in [0.15, 0.2) is 64.6 Å². The summed E-state index contributed by atoms with van der Waals surface area (Å²) in [5.41, 5.74) is 1.20. The molecule has 0 spiro atoms. The highest BCUT2D eigenvalue weighted by molar-refractivity contribution is 9.10. The van der Waals surface area contributed by atoms with Gasteiger partial charge in [0.2, 0.25) is 0 Å². The largest absolute Gasteiger partial charge is 0.507 e. The Hall–Kier alpha value is -3.60. The van der Waals surface area contributed by atoms with E-state index in [-0.39, 0.29) is 32.4 Å². The van der Waals surface area contributed by atoms with E-state index in [0.717, 1.165) is 4.70 Å². The molecule has 37 heavy (non-hydrogen) atoms. The van der Waals surface area contributed by atoms with Gasteiger partial charge in [0, 0.05) is 10.6 Å². The van der Waals surface area contributed by atoms with Gasteiger partial charge in [-0.3, -0.25) is 14.5 Å². The Morgan fingerprint density at radius 2 is 1.81 bits per heavy atom. The van der Waals surface area contributed by atoms with Gasteiger partial charge < -0.3 is 19.7 Å². The number of aliphatic hydroxyl groups is 1. The van der Waals surface area contributed by atoms with E-state index >= 15 is 0 Å². The summed E-state index contributed by atoms with van der Waals surface area (Å²) in [5, 5.41) is 22.3. The van der Waals surface area contributed by atoms with Crippen LogP contribution in [0.25, 0.3) is 16.0 Å². The summed E-state index contributed by atoms with van der Waals surface area (Å²) in [6.45, 7) is 0. The minimum Gasteiger partial charge on any atom is -0.507 e. The van der Waals surface area contributed by atoms with Crippen LogP contribution in [0, 0.1) is 0 Å². The maximum absolute atomic E-state index is 13.5. The second kappa shape index (κ2) is 9.70. The highest BCUT2D eigenvalue weighted by Crippen LogP contribution is 2.47. The fourth-order valence-electron chi connectivity index (χ4n) is 4.14. The van der Waals surface area contributed by atoms with Crippen molar-refractivity contribution in [3.8, 4) is 17.2 Å². The number of carbonyl (C=O) groups excluding carboxylic acids is 2. The first-order valence-electron chi connectivity index (χ1n) is 10.8. The SMILES string of the molecule is COc1ccc2nc(N3C(=O)C(=O)/C(=C(/O)c4ccc(Cl)cc4)C3c3cc(Br)c(O)c(OC)c3)sc2c1. The lowest BCUT2D eigenvalue weighted by Crippen LogP contribution is -2.29. The second-order valence-electron chi connectivity index (χ2n) is 8.06. The summed E-state index contributed by atoms with van der Waals surface area (Å²) in [5.74, 6) is -1.50. The molecule has 2 heterocycles. The summed E-state index contributed by atoms with van der Waals surface area (Å²) in [6, 6.07) is 13.6. The molecule has 1 saturated heterocycles. The first kappa shape index (κ1) is 25.1. The van der Waals surface area contributed by atoms with Crippen LogP contribution in [0.3, 0.4) is 0 Å². The highest BCUT2D eigenvalue weighted by Gasteiger charge is 2.48. The Morgan fingerprint density at radius 1 is 1.08 bits per heavy atom. The molecule has 1 unspecified atom stereocenters. The molecule has 1 amide bonds. The maximum Gasteiger partial charge on any atom is 0.301 e. The van der Waals surface area contributed by atoms with Gasteiger partial charge in [0.25, 0.3) is 5.78 Å². The number of thiazole rings is 1. The number of nitrogens with zero attached hydrogens (tertiary/aromatic N) is 2. The number of rotatable bonds is 5. The van der Waals surface area contributed by atoms with Gasteiger partial charge in [-0.05, 0) is 76.1 Å². The Morgan fingerprint density at radius 3 is 2.49 bits per heavy atom. The van der Waals surface area contributed by atoms with Crippen molar-refractivity contribution in [2.24, 2.45) is 0 Å². The van der Waals surface area contributed by atoms with E-state index in [1.807, 2.05) is 0 Å². The van der Waals surface area contributed by atoms with E-state index in [2.05, 4.69) is 20.9 Å². The van der Waals surface area contributed by atoms with E-state index < -0.39 is 17.7 Å². The molecule has 0 aliphatic carbocycles. The molecule has 4 aromatic rings. The average molecular weight is 602 g/mol. The number of fused-ring (bicyclic) bond motifs is 1. The smallest absolute Gasteiger partial charge is 0.301 e. The molecule has 0 radical (unpaired) electrons. The highest BCUT2D eigenvalue weighted by atomic mass is 79.9. The molecule has 8 nitrogen and oxygen atoms in total. The van der Waals surface area contributed by atoms with Crippen LogP contribution >= 0.6 is 38.9 Å². The van der Waals surface area contributed by atoms with E-state index in [4.69, 9.17) is 21.1 Å². The molecule has 5 rings (SSSR count). The fraction of sp³-hybridized carbons (Fsp3) is 0.115. The van der Waals surface area contributed by atoms with Gasteiger partial charge in [0.05, 0.1) is 40.5 Å². The molecule has 2 N–H and O–H groups in total. The monoisotopic (exact) mass is 600 g/mol. The van der Waals surface area contributed by atoms with Gasteiger partial charge >= 0.3 is 5.91 Å². The van der Waals surface area contributed by atoms with E-state index in [1.165, 1.54) is 29.4 Å². The number of anilines is 1. The molecule has 1 aliphatic heterocycles. The van der Waals surface area contributed by atoms with Crippen LogP contribution in [-0.2, 0) is 9.59 Å². The number of aromatic hydroxyl groups is 1. The number of amides is 1. The van der Waals surface area contributed by atoms with Crippen molar-refractivity contribution in [3.63, 3.8) is 0 Å². The van der Waals surface area contributed by atoms with Crippen LogP contribution in [-0.4, -0.2) is 41.1 Å². The first-order valence-corrected chi connectivity index (χ1v) is 12.8. The molecule has 3 aromatic carbocycles. The summed E-state index contributed by atoms with van der Waals surface area (Å²) < 4.78 is 11.6. The van der Waals surface area contributed by atoms with Crippen molar-refractivity contribution in [2.45, 2.75) is 6.04 Å². The topological polar surface area (TPSA) is 109 Å². The molecule has 1 fully saturated rings. The van der Waals surface area contributed by atoms with Crippen LogP contribution in [0.1, 0.15) is 17.2 Å². The zero-order valence-electron chi connectivity index (χ0n) is 19.4. The number of methoxy groups -OCH3 is 2. The number of carbonyl (C=O) groups is 2. The minimum absolute atomic E-state index is 0.121. The number of hydrogen-bond acceptors (Lipinski definition) is 8. The summed E-state index contributed by atoms with van der Waals surface area (Å²) >= 11 is 10.5. The van der Waals surface area contributed by atoms with Gasteiger partial charge in [0.1, 0.15) is 11.5 Å². The van der Waals surface area contributed by atoms with Crippen LogP contribution in [0.4, 0.5) is 5.13 Å². The molecular formula is C26H18BrClN2O6S. The summed E-state index contributed by atoms with van der Waals surface area (Å²) in [7, 11) is 2.94. The van der Waals surface area contributed by atoms with E-state index in [9.17, 15) is 19.8 Å². The first-order chi connectivity index (χ1) is 17.7. The number of phenols is 1. The van der Waals surface area contributed by atoms with Gasteiger partial charge in [-0.25, -0.2) is 4.98 Å². The van der Waals surface area contributed by atoms with Crippen molar-refractivity contribution in [1.29, 1.82) is 0 Å². The molecule has 1 aliphatic rings. The summed E-state index contributed by atoms with van der Waals surface area (Å²) in [4.78, 5) is 32.7. The predicted octanol–water partition coefficient (Wildman–Crippen LogP) is 6.06. The predicted molar refractivity (Wildman–Crippen MR) is 145 cm³/mol. The lowest BCUT2D eigenvalue weighted by Gasteiger charge is -2.24. The third-order valence-electron chi connectivity index (χ3n) is 5.94. The quantitative estimate of drug-likeness (QED) is 0.163. The minimum atomic E-state index is -1.07. The van der Waals surface area contributed by atoms with E-state index in [1.54, 1.807) is 55.6 Å². The van der Waals surface area contributed by atoms with Gasteiger partial charge in [-0.15, -0.1) is 0 Å². The lowest BCUT2D eigenvalue weighted by molar-refractivity contribution is -0.132. The molecule has 188 valence electrons. The summed E-state index contributed by atoms with van der Waals surface area (Å²) in [6.07, 6.45) is 0. The Balaban J connectivity index is 1.76. The molecule has 0 saturated carbocycles. The Labute approximate surface area is 228 Å². The van der Waals surface area contributed by atoms with Crippen molar-refractivity contribution in [2.75, 3.05) is 19.1 Å². The lowest BCUT2D eigenvalue weighted by atomic mass is 9.95. The Kier molecular flexibility index (Phi) is 6.57. The number of phenolic OH excluding ortho intramolecular Hbond substituents is 1. The number of hydrogen-bond donors (Lipinski definition) is 2. The average Bonchev–Trinajstić information content (AvgIpc) is 3.43. The normalized spacial score (nSPS) is 17.0. The number of benzene rings is 3.